The molecule has 0 aliphatic carbocycles. The third-order valence-electron chi connectivity index (χ3n) is 2.77. The Morgan fingerprint density at radius 2 is 2.28 bits per heavy atom. The van der Waals surface area contributed by atoms with Crippen molar-refractivity contribution in [3.05, 3.63) is 18.2 Å². The van der Waals surface area contributed by atoms with Gasteiger partial charge in [-0.3, -0.25) is 0 Å². The molecule has 1 aromatic heterocycles. The summed E-state index contributed by atoms with van der Waals surface area (Å²) in [5.74, 6) is 0. The van der Waals surface area contributed by atoms with Gasteiger partial charge in [0.1, 0.15) is 5.52 Å². The van der Waals surface area contributed by atoms with Crippen LogP contribution in [0.2, 0.25) is 0 Å². The van der Waals surface area contributed by atoms with Gasteiger partial charge in [-0.15, -0.1) is 0 Å². The summed E-state index contributed by atoms with van der Waals surface area (Å²) in [4.78, 5) is 6.37. The molecule has 2 rings (SSSR count). The molecule has 18 heavy (non-hydrogen) atoms. The van der Waals surface area contributed by atoms with Crippen LogP contribution in [0, 0.1) is 11.3 Å². The number of nitrogen functional groups attached to an aromatic ring is 1. The second-order valence-electron chi connectivity index (χ2n) is 4.39. The number of nitriles is 1. The van der Waals surface area contributed by atoms with Crippen LogP contribution >= 0.6 is 0 Å². The second kappa shape index (κ2) is 4.96. The monoisotopic (exact) mass is 244 g/mol. The first kappa shape index (κ1) is 12.2. The third kappa shape index (κ3) is 2.23. The minimum absolute atomic E-state index is 0.215. The van der Waals surface area contributed by atoms with Crippen LogP contribution in [-0.4, -0.2) is 17.6 Å². The lowest BCUT2D eigenvalue weighted by atomic mass is 10.3. The number of oxazole rings is 1. The minimum atomic E-state index is 0.215. The van der Waals surface area contributed by atoms with Crippen molar-refractivity contribution in [2.45, 2.75) is 26.3 Å². The molecule has 0 radical (unpaired) electrons. The smallest absolute Gasteiger partial charge is 0.298 e. The zero-order valence-corrected chi connectivity index (χ0v) is 10.6. The Morgan fingerprint density at radius 3 is 2.89 bits per heavy atom. The zero-order chi connectivity index (χ0) is 13.1. The zero-order valence-electron chi connectivity index (χ0n) is 10.6. The SMILES string of the molecule is CC(C)N(CCC#N)c1nc2c(N)cccc2o1. The number of benzene rings is 1. The predicted molar refractivity (Wildman–Crippen MR) is 71.1 cm³/mol. The third-order valence-corrected chi connectivity index (χ3v) is 2.77. The predicted octanol–water partition coefficient (Wildman–Crippen LogP) is 2.54. The van der Waals surface area contributed by atoms with Crippen LogP contribution in [0.5, 0.6) is 0 Å². The molecule has 2 N–H and O–H groups in total. The Labute approximate surface area is 106 Å². The first-order chi connectivity index (χ1) is 8.63. The Bertz CT molecular complexity index is 582. The van der Waals surface area contributed by atoms with E-state index in [1.165, 1.54) is 0 Å². The van der Waals surface area contributed by atoms with Crippen LogP contribution in [0.15, 0.2) is 22.6 Å². The molecule has 1 heterocycles. The second-order valence-corrected chi connectivity index (χ2v) is 4.39. The Morgan fingerprint density at radius 1 is 1.50 bits per heavy atom. The molecule has 5 heteroatoms. The Hall–Kier alpha value is -2.22. The molecule has 0 fully saturated rings. The molecule has 1 aromatic carbocycles. The van der Waals surface area contributed by atoms with E-state index < -0.39 is 0 Å². The van der Waals surface area contributed by atoms with Crippen LogP contribution in [0.1, 0.15) is 20.3 Å². The van der Waals surface area contributed by atoms with Crippen molar-refractivity contribution in [3.63, 3.8) is 0 Å². The lowest BCUT2D eigenvalue weighted by molar-refractivity contribution is 0.540. The maximum Gasteiger partial charge on any atom is 0.298 e. The van der Waals surface area contributed by atoms with Crippen molar-refractivity contribution < 1.29 is 4.42 Å². The van der Waals surface area contributed by atoms with E-state index in [4.69, 9.17) is 15.4 Å². The average Bonchev–Trinajstić information content (AvgIpc) is 2.74. The first-order valence-corrected chi connectivity index (χ1v) is 5.92. The molecule has 94 valence electrons. The number of fused-ring (bicyclic) bond motifs is 1. The van der Waals surface area contributed by atoms with E-state index in [1.807, 2.05) is 30.9 Å². The summed E-state index contributed by atoms with van der Waals surface area (Å²) in [6.07, 6.45) is 0.437. The topological polar surface area (TPSA) is 79.1 Å². The van der Waals surface area contributed by atoms with Gasteiger partial charge >= 0.3 is 0 Å². The van der Waals surface area contributed by atoms with Gasteiger partial charge in [-0.25, -0.2) is 0 Å². The highest BCUT2D eigenvalue weighted by molar-refractivity contribution is 5.86. The van der Waals surface area contributed by atoms with Gasteiger partial charge in [0.25, 0.3) is 6.01 Å². The molecule has 0 amide bonds. The van der Waals surface area contributed by atoms with Crippen molar-refractivity contribution >= 4 is 22.8 Å². The summed E-state index contributed by atoms with van der Waals surface area (Å²) in [6, 6.07) is 8.34. The summed E-state index contributed by atoms with van der Waals surface area (Å²) in [6.45, 7) is 4.67. The minimum Gasteiger partial charge on any atom is -0.423 e. The number of hydrogen-bond donors (Lipinski definition) is 1. The van der Waals surface area contributed by atoms with Crippen molar-refractivity contribution in [3.8, 4) is 6.07 Å². The van der Waals surface area contributed by atoms with Crippen molar-refractivity contribution in [1.82, 2.24) is 4.98 Å². The van der Waals surface area contributed by atoms with Gasteiger partial charge in [-0.1, -0.05) is 6.07 Å². The number of aromatic nitrogens is 1. The Balaban J connectivity index is 2.39. The van der Waals surface area contributed by atoms with Crippen LogP contribution in [0.4, 0.5) is 11.7 Å². The summed E-state index contributed by atoms with van der Waals surface area (Å²) >= 11 is 0. The van der Waals surface area contributed by atoms with Gasteiger partial charge in [0, 0.05) is 12.6 Å². The van der Waals surface area contributed by atoms with Gasteiger partial charge in [0.05, 0.1) is 18.2 Å². The fraction of sp³-hybridized carbons (Fsp3) is 0.385. The lowest BCUT2D eigenvalue weighted by Gasteiger charge is -2.23. The molecule has 0 bridgehead atoms. The molecule has 0 saturated heterocycles. The van der Waals surface area contributed by atoms with Crippen LogP contribution in [0.3, 0.4) is 0 Å². The largest absolute Gasteiger partial charge is 0.423 e. The molecule has 0 atom stereocenters. The van der Waals surface area contributed by atoms with Crippen molar-refractivity contribution in [2.75, 3.05) is 17.2 Å². The number of nitrogens with zero attached hydrogens (tertiary/aromatic N) is 3. The van der Waals surface area contributed by atoms with E-state index in [1.54, 1.807) is 6.07 Å². The molecule has 0 saturated carbocycles. The van der Waals surface area contributed by atoms with Crippen LogP contribution in [0.25, 0.3) is 11.1 Å². The lowest BCUT2D eigenvalue weighted by Crippen LogP contribution is -2.31. The number of anilines is 2. The summed E-state index contributed by atoms with van der Waals surface area (Å²) < 4.78 is 5.69. The Kier molecular flexibility index (Phi) is 3.38. The average molecular weight is 244 g/mol. The normalized spacial score (nSPS) is 10.8. The van der Waals surface area contributed by atoms with Gasteiger partial charge < -0.3 is 15.1 Å². The number of nitrogens with two attached hydrogens (primary N) is 1. The fourth-order valence-electron chi connectivity index (χ4n) is 1.83. The van der Waals surface area contributed by atoms with Crippen LogP contribution in [-0.2, 0) is 0 Å². The van der Waals surface area contributed by atoms with Crippen molar-refractivity contribution in [1.29, 1.82) is 5.26 Å². The number of rotatable bonds is 4. The molecule has 0 aliphatic rings. The van der Waals surface area contributed by atoms with Crippen LogP contribution < -0.4 is 10.6 Å². The van der Waals surface area contributed by atoms with E-state index in [0.29, 0.717) is 35.8 Å². The van der Waals surface area contributed by atoms with Gasteiger partial charge in [0.2, 0.25) is 0 Å². The maximum absolute atomic E-state index is 8.68. The molecular weight excluding hydrogens is 228 g/mol. The summed E-state index contributed by atoms with van der Waals surface area (Å²) in [5, 5.41) is 8.68. The molecular formula is C13H16N4O. The highest BCUT2D eigenvalue weighted by Gasteiger charge is 2.17. The van der Waals surface area contributed by atoms with Gasteiger partial charge in [0.15, 0.2) is 5.58 Å². The van der Waals surface area contributed by atoms with E-state index in [2.05, 4.69) is 11.1 Å². The highest BCUT2D eigenvalue weighted by atomic mass is 16.4. The number of hydrogen-bond acceptors (Lipinski definition) is 5. The summed E-state index contributed by atoms with van der Waals surface area (Å²) in [7, 11) is 0. The van der Waals surface area contributed by atoms with Crippen molar-refractivity contribution in [2.24, 2.45) is 0 Å². The maximum atomic E-state index is 8.68. The van der Waals surface area contributed by atoms with Gasteiger partial charge in [-0.05, 0) is 26.0 Å². The quantitative estimate of drug-likeness (QED) is 0.836. The number of para-hydroxylation sites is 1. The van der Waals surface area contributed by atoms with E-state index >= 15 is 0 Å². The fourth-order valence-corrected chi connectivity index (χ4v) is 1.83. The first-order valence-electron chi connectivity index (χ1n) is 5.92. The molecule has 5 nitrogen and oxygen atoms in total. The van der Waals surface area contributed by atoms with E-state index in [9.17, 15) is 0 Å². The molecule has 0 spiro atoms. The highest BCUT2D eigenvalue weighted by Crippen LogP contribution is 2.26. The molecule has 0 unspecified atom stereocenters. The molecule has 0 aliphatic heterocycles. The van der Waals surface area contributed by atoms with Gasteiger partial charge in [-0.2, -0.15) is 10.2 Å². The standard InChI is InChI=1S/C13H16N4O/c1-9(2)17(8-4-7-14)13-16-12-10(15)5-3-6-11(12)18-13/h3,5-6,9H,4,8,15H2,1-2H3. The molecule has 2 aromatic rings. The van der Waals surface area contributed by atoms with E-state index in [0.717, 1.165) is 0 Å². The van der Waals surface area contributed by atoms with E-state index in [-0.39, 0.29) is 6.04 Å². The summed E-state index contributed by atoms with van der Waals surface area (Å²) in [5.41, 5.74) is 7.81.